The fourth-order valence-corrected chi connectivity index (χ4v) is 2.92. The van der Waals surface area contributed by atoms with Gasteiger partial charge in [-0.25, -0.2) is 4.98 Å². The predicted molar refractivity (Wildman–Crippen MR) is 99.1 cm³/mol. The molecular formula is C20H24N4O. The summed E-state index contributed by atoms with van der Waals surface area (Å²) < 4.78 is 1.81. The molecule has 0 fully saturated rings. The summed E-state index contributed by atoms with van der Waals surface area (Å²) in [4.78, 5) is 18.2. The van der Waals surface area contributed by atoms with Crippen molar-refractivity contribution in [2.24, 2.45) is 7.05 Å². The Morgan fingerprint density at radius 2 is 1.76 bits per heavy atom. The van der Waals surface area contributed by atoms with Crippen LogP contribution < -0.4 is 0 Å². The van der Waals surface area contributed by atoms with Crippen LogP contribution in [0.3, 0.4) is 0 Å². The highest BCUT2D eigenvalue weighted by molar-refractivity contribution is 5.67. The molecule has 0 aliphatic rings. The van der Waals surface area contributed by atoms with E-state index in [1.54, 1.807) is 0 Å². The van der Waals surface area contributed by atoms with Gasteiger partial charge < -0.3 is 9.78 Å². The number of rotatable bonds is 9. The maximum absolute atomic E-state index is 10.3. The van der Waals surface area contributed by atoms with Gasteiger partial charge in [0, 0.05) is 31.6 Å². The van der Waals surface area contributed by atoms with E-state index >= 15 is 0 Å². The third-order valence-electron chi connectivity index (χ3n) is 4.35. The molecule has 0 radical (unpaired) electrons. The van der Waals surface area contributed by atoms with Gasteiger partial charge in [-0.2, -0.15) is 5.10 Å². The van der Waals surface area contributed by atoms with Gasteiger partial charge in [-0.05, 0) is 24.0 Å². The van der Waals surface area contributed by atoms with Gasteiger partial charge in [0.25, 0.3) is 0 Å². The average molecular weight is 336 g/mol. The van der Waals surface area contributed by atoms with Crippen LogP contribution in [0.15, 0.2) is 42.9 Å². The summed E-state index contributed by atoms with van der Waals surface area (Å²) in [7, 11) is 1.92. The number of carbonyl (C=O) groups excluding carboxylic acids is 1. The Morgan fingerprint density at radius 3 is 2.48 bits per heavy atom. The summed E-state index contributed by atoms with van der Waals surface area (Å²) in [6.45, 7) is 0. The Hall–Kier alpha value is -2.69. The lowest BCUT2D eigenvalue weighted by atomic mass is 10.1. The molecule has 1 N–H and O–H groups in total. The van der Waals surface area contributed by atoms with Crippen LogP contribution in [0.4, 0.5) is 0 Å². The predicted octanol–water partition coefficient (Wildman–Crippen LogP) is 4.17. The number of benzene rings is 1. The van der Waals surface area contributed by atoms with Gasteiger partial charge in [0.2, 0.25) is 0 Å². The van der Waals surface area contributed by atoms with E-state index in [-0.39, 0.29) is 0 Å². The molecule has 2 aromatic heterocycles. The van der Waals surface area contributed by atoms with Gasteiger partial charge in [0.05, 0.1) is 18.1 Å². The number of imidazole rings is 1. The SMILES string of the molecule is Cn1cc(-c2ccc(-c3cnc(CCCCCCC=O)[nH]3)cc2)cn1. The Bertz CT molecular complexity index is 801. The van der Waals surface area contributed by atoms with Crippen molar-refractivity contribution < 1.29 is 4.79 Å². The van der Waals surface area contributed by atoms with E-state index in [1.807, 2.05) is 30.3 Å². The number of hydrogen-bond donors (Lipinski definition) is 1. The lowest BCUT2D eigenvalue weighted by Crippen LogP contribution is -1.89. The number of nitrogens with one attached hydrogen (secondary N) is 1. The molecule has 0 spiro atoms. The van der Waals surface area contributed by atoms with Gasteiger partial charge >= 0.3 is 0 Å². The van der Waals surface area contributed by atoms with Crippen LogP contribution >= 0.6 is 0 Å². The first kappa shape index (κ1) is 17.1. The van der Waals surface area contributed by atoms with Crippen molar-refractivity contribution in [2.75, 3.05) is 0 Å². The van der Waals surface area contributed by atoms with E-state index in [0.717, 1.165) is 66.6 Å². The quantitative estimate of drug-likeness (QED) is 0.471. The number of aldehydes is 1. The minimum Gasteiger partial charge on any atom is -0.342 e. The first-order valence-electron chi connectivity index (χ1n) is 8.83. The number of nitrogens with zero attached hydrogens (tertiary/aromatic N) is 3. The summed E-state index contributed by atoms with van der Waals surface area (Å²) in [6.07, 6.45) is 12.8. The highest BCUT2D eigenvalue weighted by Crippen LogP contribution is 2.23. The van der Waals surface area contributed by atoms with Crippen LogP contribution in [0.25, 0.3) is 22.4 Å². The molecule has 3 rings (SSSR count). The molecule has 0 aliphatic heterocycles. The monoisotopic (exact) mass is 336 g/mol. The second-order valence-electron chi connectivity index (χ2n) is 6.34. The minimum absolute atomic E-state index is 0.680. The number of unbranched alkanes of at least 4 members (excludes halogenated alkanes) is 4. The molecule has 3 aromatic rings. The van der Waals surface area contributed by atoms with Gasteiger partial charge in [-0.1, -0.05) is 37.1 Å². The Labute approximate surface area is 148 Å². The van der Waals surface area contributed by atoms with Gasteiger partial charge in [0.15, 0.2) is 0 Å². The van der Waals surface area contributed by atoms with Gasteiger partial charge in [0.1, 0.15) is 12.1 Å². The summed E-state index contributed by atoms with van der Waals surface area (Å²) in [5.41, 5.74) is 4.46. The van der Waals surface area contributed by atoms with Crippen LogP contribution in [-0.2, 0) is 18.3 Å². The molecule has 0 bridgehead atoms. The van der Waals surface area contributed by atoms with Crippen molar-refractivity contribution in [3.63, 3.8) is 0 Å². The molecule has 5 nitrogen and oxygen atoms in total. The fourth-order valence-electron chi connectivity index (χ4n) is 2.92. The Kier molecular flexibility index (Phi) is 5.77. The summed E-state index contributed by atoms with van der Waals surface area (Å²) >= 11 is 0. The van der Waals surface area contributed by atoms with Crippen molar-refractivity contribution in [1.82, 2.24) is 19.7 Å². The largest absolute Gasteiger partial charge is 0.342 e. The lowest BCUT2D eigenvalue weighted by Gasteiger charge is -2.01. The second-order valence-corrected chi connectivity index (χ2v) is 6.34. The standard InChI is InChI=1S/C20H24N4O/c1-24-15-18(13-22-24)16-8-10-17(11-9-16)19-14-21-20(23-19)7-5-3-2-4-6-12-25/h8-15H,2-7H2,1H3,(H,21,23). The summed E-state index contributed by atoms with van der Waals surface area (Å²) in [5, 5.41) is 4.21. The topological polar surface area (TPSA) is 63.6 Å². The summed E-state index contributed by atoms with van der Waals surface area (Å²) in [5.74, 6) is 1.03. The molecule has 0 aliphatic carbocycles. The first-order valence-corrected chi connectivity index (χ1v) is 8.83. The molecule has 130 valence electrons. The Morgan fingerprint density at radius 1 is 1.00 bits per heavy atom. The molecule has 0 amide bonds. The molecular weight excluding hydrogens is 312 g/mol. The van der Waals surface area contributed by atoms with Crippen molar-refractivity contribution in [3.8, 4) is 22.4 Å². The Balaban J connectivity index is 1.55. The van der Waals surface area contributed by atoms with Gasteiger partial charge in [-0.3, -0.25) is 4.68 Å². The van der Waals surface area contributed by atoms with E-state index in [2.05, 4.69) is 39.3 Å². The van der Waals surface area contributed by atoms with E-state index in [4.69, 9.17) is 0 Å². The molecule has 5 heteroatoms. The van der Waals surface area contributed by atoms with Crippen molar-refractivity contribution >= 4 is 6.29 Å². The molecule has 1 aromatic carbocycles. The number of aromatic amines is 1. The summed E-state index contributed by atoms with van der Waals surface area (Å²) in [6, 6.07) is 8.44. The number of carbonyl (C=O) groups is 1. The molecule has 2 heterocycles. The zero-order valence-electron chi connectivity index (χ0n) is 14.6. The zero-order chi connectivity index (χ0) is 17.5. The second kappa shape index (κ2) is 8.42. The minimum atomic E-state index is 0.680. The third-order valence-corrected chi connectivity index (χ3v) is 4.35. The number of hydrogen-bond acceptors (Lipinski definition) is 3. The van der Waals surface area contributed by atoms with E-state index in [9.17, 15) is 4.79 Å². The van der Waals surface area contributed by atoms with Crippen LogP contribution in [0.5, 0.6) is 0 Å². The number of aryl methyl sites for hydroxylation is 2. The molecule has 0 saturated carbocycles. The first-order chi connectivity index (χ1) is 12.3. The number of H-pyrrole nitrogens is 1. The smallest absolute Gasteiger partial charge is 0.119 e. The molecule has 0 saturated heterocycles. The zero-order valence-corrected chi connectivity index (χ0v) is 14.6. The average Bonchev–Trinajstić information content (AvgIpc) is 3.27. The van der Waals surface area contributed by atoms with Crippen LogP contribution in [-0.4, -0.2) is 26.0 Å². The number of aromatic nitrogens is 4. The van der Waals surface area contributed by atoms with E-state index < -0.39 is 0 Å². The normalized spacial score (nSPS) is 10.9. The van der Waals surface area contributed by atoms with Crippen LogP contribution in [0.1, 0.15) is 37.9 Å². The fraction of sp³-hybridized carbons (Fsp3) is 0.350. The maximum Gasteiger partial charge on any atom is 0.119 e. The molecule has 25 heavy (non-hydrogen) atoms. The van der Waals surface area contributed by atoms with Crippen molar-refractivity contribution in [2.45, 2.75) is 38.5 Å². The lowest BCUT2D eigenvalue weighted by molar-refractivity contribution is -0.107. The van der Waals surface area contributed by atoms with Crippen molar-refractivity contribution in [1.29, 1.82) is 0 Å². The van der Waals surface area contributed by atoms with Crippen LogP contribution in [0, 0.1) is 0 Å². The molecule has 0 unspecified atom stereocenters. The highest BCUT2D eigenvalue weighted by Gasteiger charge is 2.05. The van der Waals surface area contributed by atoms with Gasteiger partial charge in [-0.15, -0.1) is 0 Å². The van der Waals surface area contributed by atoms with Crippen molar-refractivity contribution in [3.05, 3.63) is 48.7 Å². The maximum atomic E-state index is 10.3. The highest BCUT2D eigenvalue weighted by atomic mass is 16.1. The van der Waals surface area contributed by atoms with E-state index in [0.29, 0.717) is 6.42 Å². The van der Waals surface area contributed by atoms with Crippen LogP contribution in [0.2, 0.25) is 0 Å². The molecule has 0 atom stereocenters. The third kappa shape index (κ3) is 4.66. The van der Waals surface area contributed by atoms with E-state index in [1.165, 1.54) is 0 Å².